The predicted molar refractivity (Wildman–Crippen MR) is 81.9 cm³/mol. The summed E-state index contributed by atoms with van der Waals surface area (Å²) in [6, 6.07) is 14.2. The summed E-state index contributed by atoms with van der Waals surface area (Å²) in [6.07, 6.45) is 1.45. The van der Waals surface area contributed by atoms with Gasteiger partial charge in [-0.05, 0) is 31.0 Å². The molecule has 3 N–H and O–H groups in total. The Morgan fingerprint density at radius 2 is 1.90 bits per heavy atom. The van der Waals surface area contributed by atoms with Crippen LogP contribution in [-0.2, 0) is 0 Å². The van der Waals surface area contributed by atoms with Gasteiger partial charge in [-0.15, -0.1) is 0 Å². The SMILES string of the molecule is CC(CC(O)c1ccccc1)NC(=O)Nc1ccccn1. The molecule has 2 atom stereocenters. The first kappa shape index (κ1) is 15.0. The number of rotatable bonds is 5. The van der Waals surface area contributed by atoms with Gasteiger partial charge in [-0.2, -0.15) is 0 Å². The lowest BCUT2D eigenvalue weighted by Gasteiger charge is -2.18. The second kappa shape index (κ2) is 7.40. The normalized spacial score (nSPS) is 13.2. The minimum atomic E-state index is -0.601. The third-order valence-corrected chi connectivity index (χ3v) is 3.05. The van der Waals surface area contributed by atoms with Crippen LogP contribution in [-0.4, -0.2) is 22.2 Å². The van der Waals surface area contributed by atoms with Crippen molar-refractivity contribution in [2.45, 2.75) is 25.5 Å². The molecule has 0 radical (unpaired) electrons. The van der Waals surface area contributed by atoms with E-state index in [0.717, 1.165) is 5.56 Å². The third-order valence-electron chi connectivity index (χ3n) is 3.05. The van der Waals surface area contributed by atoms with Crippen LogP contribution in [0.5, 0.6) is 0 Å². The van der Waals surface area contributed by atoms with Crippen molar-refractivity contribution >= 4 is 11.8 Å². The topological polar surface area (TPSA) is 74.2 Å². The van der Waals surface area contributed by atoms with Gasteiger partial charge in [0.05, 0.1) is 6.10 Å². The third kappa shape index (κ3) is 4.89. The molecule has 0 saturated carbocycles. The number of hydrogen-bond donors (Lipinski definition) is 3. The molecule has 110 valence electrons. The number of nitrogens with one attached hydrogen (secondary N) is 2. The van der Waals surface area contributed by atoms with Gasteiger partial charge in [0.25, 0.3) is 0 Å². The van der Waals surface area contributed by atoms with E-state index in [1.165, 1.54) is 0 Å². The second-order valence-electron chi connectivity index (χ2n) is 4.88. The first-order chi connectivity index (χ1) is 10.1. The highest BCUT2D eigenvalue weighted by Gasteiger charge is 2.14. The molecule has 2 rings (SSSR count). The maximum Gasteiger partial charge on any atom is 0.320 e. The van der Waals surface area contributed by atoms with Crippen molar-refractivity contribution in [3.05, 3.63) is 60.3 Å². The molecule has 0 fully saturated rings. The number of anilines is 1. The van der Waals surface area contributed by atoms with Crippen LogP contribution in [0.2, 0.25) is 0 Å². The second-order valence-corrected chi connectivity index (χ2v) is 4.88. The highest BCUT2D eigenvalue weighted by molar-refractivity contribution is 5.88. The van der Waals surface area contributed by atoms with Gasteiger partial charge in [0.15, 0.2) is 0 Å². The maximum atomic E-state index is 11.8. The van der Waals surface area contributed by atoms with E-state index in [1.54, 1.807) is 24.4 Å². The van der Waals surface area contributed by atoms with E-state index >= 15 is 0 Å². The van der Waals surface area contributed by atoms with Crippen LogP contribution in [0.15, 0.2) is 54.7 Å². The fourth-order valence-corrected chi connectivity index (χ4v) is 2.02. The molecular weight excluding hydrogens is 266 g/mol. The largest absolute Gasteiger partial charge is 0.388 e. The molecule has 0 aliphatic carbocycles. The summed E-state index contributed by atoms with van der Waals surface area (Å²) in [5, 5.41) is 15.5. The number of pyridine rings is 1. The first-order valence-corrected chi connectivity index (χ1v) is 6.86. The molecule has 0 saturated heterocycles. The number of aliphatic hydroxyl groups excluding tert-OH is 1. The molecule has 2 aromatic rings. The summed E-state index contributed by atoms with van der Waals surface area (Å²) in [5.74, 6) is 0.491. The van der Waals surface area contributed by atoms with E-state index in [9.17, 15) is 9.90 Å². The predicted octanol–water partition coefficient (Wildman–Crippen LogP) is 2.72. The molecule has 1 heterocycles. The molecule has 0 aliphatic heterocycles. The van der Waals surface area contributed by atoms with Gasteiger partial charge in [0.2, 0.25) is 0 Å². The van der Waals surface area contributed by atoms with Gasteiger partial charge in [0, 0.05) is 12.2 Å². The number of urea groups is 1. The number of aromatic nitrogens is 1. The molecule has 21 heavy (non-hydrogen) atoms. The van der Waals surface area contributed by atoms with Gasteiger partial charge >= 0.3 is 6.03 Å². The Labute approximate surface area is 124 Å². The first-order valence-electron chi connectivity index (χ1n) is 6.86. The van der Waals surface area contributed by atoms with Gasteiger partial charge in [-0.1, -0.05) is 36.4 Å². The molecule has 0 spiro atoms. The molecule has 2 amide bonds. The molecule has 0 aliphatic rings. The van der Waals surface area contributed by atoms with Crippen LogP contribution in [0.3, 0.4) is 0 Å². The fourth-order valence-electron chi connectivity index (χ4n) is 2.02. The standard InChI is InChI=1S/C16H19N3O2/c1-12(11-14(20)13-7-3-2-4-8-13)18-16(21)19-15-9-5-6-10-17-15/h2-10,12,14,20H,11H2,1H3,(H2,17,18,19,21). The van der Waals surface area contributed by atoms with Gasteiger partial charge in [-0.25, -0.2) is 9.78 Å². The lowest BCUT2D eigenvalue weighted by molar-refractivity contribution is 0.155. The molecule has 1 aromatic heterocycles. The minimum Gasteiger partial charge on any atom is -0.388 e. The van der Waals surface area contributed by atoms with Gasteiger partial charge in [-0.3, -0.25) is 5.32 Å². The molecule has 0 bridgehead atoms. The quantitative estimate of drug-likeness (QED) is 0.790. The van der Waals surface area contributed by atoms with E-state index in [1.807, 2.05) is 37.3 Å². The Morgan fingerprint density at radius 3 is 2.57 bits per heavy atom. The number of amides is 2. The summed E-state index contributed by atoms with van der Waals surface area (Å²) in [6.45, 7) is 1.85. The Balaban J connectivity index is 1.81. The van der Waals surface area contributed by atoms with Crippen LogP contribution in [0.1, 0.15) is 25.0 Å². The van der Waals surface area contributed by atoms with Crippen molar-refractivity contribution < 1.29 is 9.90 Å². The number of nitrogens with zero attached hydrogens (tertiary/aromatic N) is 1. The van der Waals surface area contributed by atoms with Crippen LogP contribution in [0.4, 0.5) is 10.6 Å². The Bertz CT molecular complexity index is 560. The molecule has 5 heteroatoms. The molecule has 2 unspecified atom stereocenters. The van der Waals surface area contributed by atoms with Crippen molar-refractivity contribution in [2.24, 2.45) is 0 Å². The number of benzene rings is 1. The average Bonchev–Trinajstić information content (AvgIpc) is 2.48. The summed E-state index contributed by atoms with van der Waals surface area (Å²) >= 11 is 0. The van der Waals surface area contributed by atoms with E-state index in [0.29, 0.717) is 12.2 Å². The maximum absolute atomic E-state index is 11.8. The summed E-state index contributed by atoms with van der Waals surface area (Å²) in [7, 11) is 0. The Kier molecular flexibility index (Phi) is 5.29. The van der Waals surface area contributed by atoms with Crippen LogP contribution < -0.4 is 10.6 Å². The van der Waals surface area contributed by atoms with Crippen molar-refractivity contribution in [3.63, 3.8) is 0 Å². The summed E-state index contributed by atoms with van der Waals surface area (Å²) in [4.78, 5) is 15.8. The number of hydrogen-bond acceptors (Lipinski definition) is 3. The molecule has 1 aromatic carbocycles. The van der Waals surface area contributed by atoms with E-state index in [-0.39, 0.29) is 12.1 Å². The Morgan fingerprint density at radius 1 is 1.19 bits per heavy atom. The zero-order chi connectivity index (χ0) is 15.1. The van der Waals surface area contributed by atoms with Crippen molar-refractivity contribution in [2.75, 3.05) is 5.32 Å². The van der Waals surface area contributed by atoms with E-state index < -0.39 is 6.10 Å². The van der Waals surface area contributed by atoms with Crippen LogP contribution in [0, 0.1) is 0 Å². The minimum absolute atomic E-state index is 0.163. The highest BCUT2D eigenvalue weighted by Crippen LogP contribution is 2.17. The smallest absolute Gasteiger partial charge is 0.320 e. The molecular formula is C16H19N3O2. The summed E-state index contributed by atoms with van der Waals surface area (Å²) in [5.41, 5.74) is 0.844. The van der Waals surface area contributed by atoms with Crippen molar-refractivity contribution in [3.8, 4) is 0 Å². The van der Waals surface area contributed by atoms with Gasteiger partial charge in [0.1, 0.15) is 5.82 Å². The van der Waals surface area contributed by atoms with Crippen molar-refractivity contribution in [1.82, 2.24) is 10.3 Å². The van der Waals surface area contributed by atoms with E-state index in [2.05, 4.69) is 15.6 Å². The average molecular weight is 285 g/mol. The fraction of sp³-hybridized carbons (Fsp3) is 0.250. The number of carbonyl (C=O) groups is 1. The number of aliphatic hydroxyl groups is 1. The lowest BCUT2D eigenvalue weighted by atomic mass is 10.0. The Hall–Kier alpha value is -2.40. The zero-order valence-electron chi connectivity index (χ0n) is 11.9. The monoisotopic (exact) mass is 285 g/mol. The van der Waals surface area contributed by atoms with Crippen LogP contribution >= 0.6 is 0 Å². The van der Waals surface area contributed by atoms with Gasteiger partial charge < -0.3 is 10.4 Å². The lowest BCUT2D eigenvalue weighted by Crippen LogP contribution is -2.37. The van der Waals surface area contributed by atoms with Crippen LogP contribution in [0.25, 0.3) is 0 Å². The van der Waals surface area contributed by atoms with E-state index in [4.69, 9.17) is 0 Å². The summed E-state index contributed by atoms with van der Waals surface area (Å²) < 4.78 is 0. The molecule has 5 nitrogen and oxygen atoms in total. The highest BCUT2D eigenvalue weighted by atomic mass is 16.3. The zero-order valence-corrected chi connectivity index (χ0v) is 11.9. The van der Waals surface area contributed by atoms with Crippen molar-refractivity contribution in [1.29, 1.82) is 0 Å². The number of carbonyl (C=O) groups excluding carboxylic acids is 1.